The molecular weight excluding hydrogens is 151 g/mol. The van der Waals surface area contributed by atoms with Gasteiger partial charge < -0.3 is 4.74 Å². The highest BCUT2D eigenvalue weighted by Gasteiger charge is 2.08. The van der Waals surface area contributed by atoms with Crippen LogP contribution in [0.4, 0.5) is 4.39 Å². The molecule has 0 radical (unpaired) electrons. The minimum atomic E-state index is -2.55. The van der Waals surface area contributed by atoms with E-state index >= 15 is 0 Å². The van der Waals surface area contributed by atoms with Crippen LogP contribution in [0.1, 0.15) is 0 Å². The topological polar surface area (TPSA) is 55.8 Å². The van der Waals surface area contributed by atoms with Crippen molar-refractivity contribution < 1.29 is 22.1 Å². The normalized spacial score (nSPS) is 17.2. The van der Waals surface area contributed by atoms with E-state index in [0.29, 0.717) is 0 Å². The van der Waals surface area contributed by atoms with Crippen LogP contribution in [-0.2, 0) is 20.3 Å². The van der Waals surface area contributed by atoms with Gasteiger partial charge >= 0.3 is 11.4 Å². The lowest BCUT2D eigenvalue weighted by atomic mass is 10.7. The Kier molecular flexibility index (Phi) is 4.78. The molecule has 0 bridgehead atoms. The van der Waals surface area contributed by atoms with Crippen LogP contribution in [0.25, 0.3) is 0 Å². The van der Waals surface area contributed by atoms with E-state index in [-0.39, 0.29) is 6.61 Å². The molecule has 0 fully saturated rings. The maximum absolute atomic E-state index is 12.0. The van der Waals surface area contributed by atoms with Gasteiger partial charge in [-0.05, 0) is 0 Å². The molecule has 0 heterocycles. The van der Waals surface area contributed by atoms with E-state index in [4.69, 9.17) is 4.55 Å². The maximum atomic E-state index is 12.0. The lowest BCUT2D eigenvalue weighted by Gasteiger charge is -2.02. The summed E-state index contributed by atoms with van der Waals surface area (Å²) >= 11 is -2.55. The number of halogens is 1. The van der Waals surface area contributed by atoms with Crippen molar-refractivity contribution in [3.05, 3.63) is 0 Å². The van der Waals surface area contributed by atoms with E-state index in [9.17, 15) is 8.60 Å². The third-order valence-electron chi connectivity index (χ3n) is 0.484. The molecule has 6 heteroatoms. The van der Waals surface area contributed by atoms with Gasteiger partial charge in [-0.15, -0.1) is 0 Å². The molecule has 0 aliphatic heterocycles. The quantitative estimate of drug-likeness (QED) is 0.589. The predicted octanol–water partition coefficient (Wildman–Crippen LogP) is 0.0817. The molecule has 0 aromatic carbocycles. The van der Waals surface area contributed by atoms with Gasteiger partial charge in [-0.2, -0.15) is 4.21 Å². The van der Waals surface area contributed by atoms with Crippen LogP contribution in [0.15, 0.2) is 0 Å². The van der Waals surface area contributed by atoms with Crippen molar-refractivity contribution >= 4 is 11.4 Å². The lowest BCUT2D eigenvalue weighted by molar-refractivity contribution is -0.000924. The van der Waals surface area contributed by atoms with Gasteiger partial charge in [-0.3, -0.25) is 4.55 Å². The summed E-state index contributed by atoms with van der Waals surface area (Å²) in [5.41, 5.74) is 0. The molecule has 9 heavy (non-hydrogen) atoms. The summed E-state index contributed by atoms with van der Waals surface area (Å²) in [5, 5.41) is 0. The van der Waals surface area contributed by atoms with Crippen molar-refractivity contribution in [3.63, 3.8) is 0 Å². The Morgan fingerprint density at radius 1 is 1.89 bits per heavy atom. The van der Waals surface area contributed by atoms with Gasteiger partial charge in [0.05, 0.1) is 0 Å². The van der Waals surface area contributed by atoms with Crippen molar-refractivity contribution in [1.82, 2.24) is 0 Å². The number of ether oxygens (including phenoxy) is 1. The van der Waals surface area contributed by atoms with Crippen molar-refractivity contribution in [2.45, 2.75) is 6.36 Å². The van der Waals surface area contributed by atoms with Crippen molar-refractivity contribution in [2.75, 3.05) is 13.7 Å². The smallest absolute Gasteiger partial charge is 0.304 e. The fraction of sp³-hybridized carbons (Fsp3) is 1.00. The Balaban J connectivity index is 3.26. The summed E-state index contributed by atoms with van der Waals surface area (Å²) in [7, 11) is 1.26. The minimum absolute atomic E-state index is 0.341. The second kappa shape index (κ2) is 4.80. The zero-order valence-corrected chi connectivity index (χ0v) is 5.56. The van der Waals surface area contributed by atoms with Crippen LogP contribution in [0.5, 0.6) is 0 Å². The first kappa shape index (κ1) is 8.96. The molecule has 0 aliphatic carbocycles. The monoisotopic (exact) mass is 158 g/mol. The summed E-state index contributed by atoms with van der Waals surface area (Å²) in [6, 6.07) is 0. The standard InChI is InChI=1S/C3H7FO4S/c1-7-2-3(4)8-9(5)6/h3H,2H2,1H3,(H,5,6). The number of hydrogen-bond donors (Lipinski definition) is 1. The van der Waals surface area contributed by atoms with E-state index in [2.05, 4.69) is 8.92 Å². The Morgan fingerprint density at radius 3 is 2.78 bits per heavy atom. The zero-order chi connectivity index (χ0) is 7.28. The highest BCUT2D eigenvalue weighted by atomic mass is 32.2. The summed E-state index contributed by atoms with van der Waals surface area (Å²) < 4.78 is 37.5. The van der Waals surface area contributed by atoms with Gasteiger partial charge in [0, 0.05) is 7.11 Å². The van der Waals surface area contributed by atoms with Crippen molar-refractivity contribution in [1.29, 1.82) is 0 Å². The minimum Gasteiger partial charge on any atom is -0.379 e. The van der Waals surface area contributed by atoms with Crippen LogP contribution >= 0.6 is 0 Å². The average Bonchev–Trinajstić information content (AvgIpc) is 1.63. The fourth-order valence-corrected chi connectivity index (χ4v) is 0.482. The molecule has 0 spiro atoms. The molecule has 0 aromatic rings. The molecule has 0 amide bonds. The molecule has 0 rings (SSSR count). The van der Waals surface area contributed by atoms with Crippen LogP contribution in [0.3, 0.4) is 0 Å². The van der Waals surface area contributed by atoms with Crippen LogP contribution < -0.4 is 0 Å². The number of methoxy groups -OCH3 is 1. The molecule has 56 valence electrons. The van der Waals surface area contributed by atoms with E-state index in [1.54, 1.807) is 0 Å². The van der Waals surface area contributed by atoms with Crippen LogP contribution in [0, 0.1) is 0 Å². The van der Waals surface area contributed by atoms with Gasteiger partial charge in [-0.1, -0.05) is 0 Å². The average molecular weight is 158 g/mol. The molecule has 4 nitrogen and oxygen atoms in total. The third kappa shape index (κ3) is 5.84. The summed E-state index contributed by atoms with van der Waals surface area (Å²) in [4.78, 5) is 0. The lowest BCUT2D eigenvalue weighted by Crippen LogP contribution is -2.14. The molecule has 2 unspecified atom stereocenters. The predicted molar refractivity (Wildman–Crippen MR) is 28.6 cm³/mol. The van der Waals surface area contributed by atoms with Gasteiger partial charge in [0.2, 0.25) is 6.36 Å². The number of hydrogen-bond acceptors (Lipinski definition) is 3. The third-order valence-corrected chi connectivity index (χ3v) is 0.858. The number of rotatable bonds is 4. The maximum Gasteiger partial charge on any atom is 0.304 e. The largest absolute Gasteiger partial charge is 0.379 e. The molecule has 1 N–H and O–H groups in total. The van der Waals surface area contributed by atoms with E-state index in [1.165, 1.54) is 7.11 Å². The molecule has 2 atom stereocenters. The molecule has 0 saturated carbocycles. The Labute approximate surface area is 54.4 Å². The highest BCUT2D eigenvalue weighted by molar-refractivity contribution is 7.74. The first-order valence-electron chi connectivity index (χ1n) is 2.07. The van der Waals surface area contributed by atoms with Gasteiger partial charge in [0.15, 0.2) is 0 Å². The highest BCUT2D eigenvalue weighted by Crippen LogP contribution is 1.94. The zero-order valence-electron chi connectivity index (χ0n) is 4.74. The SMILES string of the molecule is COCC(F)OS(=O)O. The fourth-order valence-electron chi connectivity index (χ4n) is 0.248. The van der Waals surface area contributed by atoms with E-state index in [1.807, 2.05) is 0 Å². The first-order chi connectivity index (χ1) is 4.16. The Hall–Kier alpha value is -0.0400. The molecule has 0 aliphatic rings. The second-order valence-electron chi connectivity index (χ2n) is 1.18. The van der Waals surface area contributed by atoms with Crippen molar-refractivity contribution in [2.24, 2.45) is 0 Å². The number of alkyl halides is 1. The van der Waals surface area contributed by atoms with Gasteiger partial charge in [0.25, 0.3) is 0 Å². The summed E-state index contributed by atoms with van der Waals surface area (Å²) in [6.45, 7) is -0.341. The van der Waals surface area contributed by atoms with Gasteiger partial charge in [-0.25, -0.2) is 8.57 Å². The molecule has 0 saturated heterocycles. The summed E-state index contributed by atoms with van der Waals surface area (Å²) in [5.74, 6) is 0. The Bertz CT molecular complexity index is 97.8. The van der Waals surface area contributed by atoms with E-state index in [0.717, 1.165) is 0 Å². The summed E-state index contributed by atoms with van der Waals surface area (Å²) in [6.07, 6.45) is -1.83. The first-order valence-corrected chi connectivity index (χ1v) is 3.11. The van der Waals surface area contributed by atoms with Gasteiger partial charge in [0.1, 0.15) is 6.61 Å². The molecule has 0 aromatic heterocycles. The van der Waals surface area contributed by atoms with Crippen LogP contribution in [-0.4, -0.2) is 28.8 Å². The van der Waals surface area contributed by atoms with E-state index < -0.39 is 17.7 Å². The van der Waals surface area contributed by atoms with Crippen LogP contribution in [0.2, 0.25) is 0 Å². The molecular formula is C3H7FO4S. The van der Waals surface area contributed by atoms with Crippen molar-refractivity contribution in [3.8, 4) is 0 Å². The second-order valence-corrected chi connectivity index (χ2v) is 1.81. The Morgan fingerprint density at radius 2 is 2.44 bits per heavy atom.